The van der Waals surface area contributed by atoms with Gasteiger partial charge in [-0.05, 0) is 47.7 Å². The highest BCUT2D eigenvalue weighted by atomic mass is 32.1. The Balaban J connectivity index is 1.56. The van der Waals surface area contributed by atoms with Crippen molar-refractivity contribution in [3.63, 3.8) is 0 Å². The van der Waals surface area contributed by atoms with Crippen LogP contribution in [0.15, 0.2) is 58.5 Å². The quantitative estimate of drug-likeness (QED) is 0.618. The molecule has 1 aliphatic rings. The molecule has 0 saturated heterocycles. The molecule has 148 valence electrons. The molecule has 1 atom stereocenters. The fourth-order valence-electron chi connectivity index (χ4n) is 3.39. The first-order chi connectivity index (χ1) is 14.0. The van der Waals surface area contributed by atoms with Gasteiger partial charge in [-0.1, -0.05) is 19.9 Å². The highest BCUT2D eigenvalue weighted by Crippen LogP contribution is 2.28. The molecule has 0 bridgehead atoms. The number of rotatable bonds is 6. The van der Waals surface area contributed by atoms with Gasteiger partial charge in [0.1, 0.15) is 5.76 Å². The largest absolute Gasteiger partial charge is 0.467 e. The number of carbonyl (C=O) groups is 3. The number of carbonyl (C=O) groups excluding carboxylic acids is 3. The molecule has 3 heterocycles. The highest BCUT2D eigenvalue weighted by Gasteiger charge is 2.36. The van der Waals surface area contributed by atoms with Crippen molar-refractivity contribution < 1.29 is 18.8 Å². The van der Waals surface area contributed by atoms with Crippen molar-refractivity contribution in [1.82, 2.24) is 10.2 Å². The Hall–Kier alpha value is -3.19. The van der Waals surface area contributed by atoms with Crippen molar-refractivity contribution in [2.75, 3.05) is 0 Å². The lowest BCUT2D eigenvalue weighted by molar-refractivity contribution is 0.0631. The lowest BCUT2D eigenvalue weighted by Gasteiger charge is -2.21. The van der Waals surface area contributed by atoms with E-state index in [1.165, 1.54) is 12.3 Å². The number of hydrogen-bond acceptors (Lipinski definition) is 5. The smallest absolute Gasteiger partial charge is 0.261 e. The topological polar surface area (TPSA) is 79.6 Å². The summed E-state index contributed by atoms with van der Waals surface area (Å²) in [6, 6.07) is 11.9. The van der Waals surface area contributed by atoms with Gasteiger partial charge in [0, 0.05) is 10.4 Å². The van der Waals surface area contributed by atoms with Crippen LogP contribution in [0.4, 0.5) is 0 Å². The second-order valence-electron chi connectivity index (χ2n) is 7.25. The van der Waals surface area contributed by atoms with E-state index in [0.717, 1.165) is 9.78 Å². The summed E-state index contributed by atoms with van der Waals surface area (Å²) in [6.45, 7) is 4.15. The minimum absolute atomic E-state index is 0.0642. The third-order valence-electron chi connectivity index (χ3n) is 4.93. The Morgan fingerprint density at radius 3 is 2.55 bits per heavy atom. The van der Waals surface area contributed by atoms with Crippen LogP contribution < -0.4 is 5.32 Å². The molecule has 7 heteroatoms. The number of hydrogen-bond donors (Lipinski definition) is 1. The van der Waals surface area contributed by atoms with Crippen LogP contribution in [0.2, 0.25) is 0 Å². The number of furan rings is 1. The van der Waals surface area contributed by atoms with Crippen LogP contribution in [-0.2, 0) is 6.54 Å². The van der Waals surface area contributed by atoms with Crippen LogP contribution >= 0.6 is 11.3 Å². The summed E-state index contributed by atoms with van der Waals surface area (Å²) in [5, 5.41) is 5.02. The van der Waals surface area contributed by atoms with E-state index >= 15 is 0 Å². The van der Waals surface area contributed by atoms with Gasteiger partial charge >= 0.3 is 0 Å². The molecule has 2 aromatic heterocycles. The first-order valence-corrected chi connectivity index (χ1v) is 10.2. The molecule has 1 N–H and O–H groups in total. The molecule has 1 aliphatic heterocycles. The van der Waals surface area contributed by atoms with Crippen molar-refractivity contribution in [1.29, 1.82) is 0 Å². The minimum atomic E-state index is -0.422. The Kier molecular flexibility index (Phi) is 5.07. The lowest BCUT2D eigenvalue weighted by atomic mass is 10.0. The summed E-state index contributed by atoms with van der Waals surface area (Å²) in [6.07, 6.45) is 1.49. The third-order valence-corrected chi connectivity index (χ3v) is 5.89. The van der Waals surface area contributed by atoms with Crippen LogP contribution in [0.1, 0.15) is 61.6 Å². The molecule has 1 unspecified atom stereocenters. The van der Waals surface area contributed by atoms with Gasteiger partial charge in [0.25, 0.3) is 17.7 Å². The first kappa shape index (κ1) is 19.1. The van der Waals surface area contributed by atoms with E-state index in [4.69, 9.17) is 4.42 Å². The Morgan fingerprint density at radius 2 is 1.90 bits per heavy atom. The molecule has 1 aromatic carbocycles. The molecule has 0 aliphatic carbocycles. The number of nitrogens with one attached hydrogen (secondary N) is 1. The molecular weight excluding hydrogens is 388 g/mol. The summed E-state index contributed by atoms with van der Waals surface area (Å²) in [7, 11) is 0. The first-order valence-electron chi connectivity index (χ1n) is 9.32. The van der Waals surface area contributed by atoms with Gasteiger partial charge in [0.15, 0.2) is 0 Å². The molecule has 0 saturated carbocycles. The lowest BCUT2D eigenvalue weighted by Crippen LogP contribution is -2.31. The number of amides is 3. The van der Waals surface area contributed by atoms with E-state index in [1.54, 1.807) is 35.6 Å². The Labute approximate surface area is 172 Å². The molecule has 6 nitrogen and oxygen atoms in total. The number of benzene rings is 1. The van der Waals surface area contributed by atoms with Gasteiger partial charge in [0.2, 0.25) is 0 Å². The fourth-order valence-corrected chi connectivity index (χ4v) is 4.34. The Morgan fingerprint density at radius 1 is 1.10 bits per heavy atom. The zero-order chi connectivity index (χ0) is 20.5. The number of imide groups is 1. The SMILES string of the molecule is CC(C)C(NC(=O)c1ccc2c(c1)C(=O)N(Cc1ccco1)C2=O)c1cccs1. The molecule has 4 rings (SSSR count). The summed E-state index contributed by atoms with van der Waals surface area (Å²) in [5.74, 6) is -0.349. The van der Waals surface area contributed by atoms with E-state index in [0.29, 0.717) is 16.9 Å². The molecule has 0 spiro atoms. The van der Waals surface area contributed by atoms with E-state index in [9.17, 15) is 14.4 Å². The van der Waals surface area contributed by atoms with Crippen molar-refractivity contribution in [2.45, 2.75) is 26.4 Å². The number of nitrogens with zero attached hydrogens (tertiary/aromatic N) is 1. The van der Waals surface area contributed by atoms with Crippen molar-refractivity contribution >= 4 is 29.1 Å². The van der Waals surface area contributed by atoms with Gasteiger partial charge in [-0.3, -0.25) is 19.3 Å². The summed E-state index contributed by atoms with van der Waals surface area (Å²) < 4.78 is 5.25. The molecule has 0 radical (unpaired) electrons. The Bertz CT molecular complexity index is 1050. The maximum absolute atomic E-state index is 12.8. The maximum Gasteiger partial charge on any atom is 0.261 e. The van der Waals surface area contributed by atoms with Gasteiger partial charge in [-0.25, -0.2) is 0 Å². The van der Waals surface area contributed by atoms with Crippen LogP contribution in [0.5, 0.6) is 0 Å². The van der Waals surface area contributed by atoms with E-state index < -0.39 is 5.91 Å². The normalized spacial score (nSPS) is 14.4. The third kappa shape index (κ3) is 3.61. The summed E-state index contributed by atoms with van der Waals surface area (Å²) in [5.41, 5.74) is 0.898. The van der Waals surface area contributed by atoms with Crippen molar-refractivity contribution in [2.24, 2.45) is 5.92 Å². The highest BCUT2D eigenvalue weighted by molar-refractivity contribution is 7.10. The average Bonchev–Trinajstić information content (AvgIpc) is 3.45. The monoisotopic (exact) mass is 408 g/mol. The van der Waals surface area contributed by atoms with Gasteiger partial charge in [-0.15, -0.1) is 11.3 Å². The number of fused-ring (bicyclic) bond motifs is 1. The second kappa shape index (κ2) is 7.67. The average molecular weight is 408 g/mol. The predicted octanol–water partition coefficient (Wildman–Crippen LogP) is 4.26. The van der Waals surface area contributed by atoms with Gasteiger partial charge < -0.3 is 9.73 Å². The van der Waals surface area contributed by atoms with Gasteiger partial charge in [-0.2, -0.15) is 0 Å². The van der Waals surface area contributed by atoms with Crippen molar-refractivity contribution in [3.05, 3.63) is 81.4 Å². The van der Waals surface area contributed by atoms with Crippen LogP contribution in [0.3, 0.4) is 0 Å². The summed E-state index contributed by atoms with van der Waals surface area (Å²) >= 11 is 1.59. The second-order valence-corrected chi connectivity index (χ2v) is 8.23. The zero-order valence-electron chi connectivity index (χ0n) is 16.0. The van der Waals surface area contributed by atoms with E-state index in [2.05, 4.69) is 5.32 Å². The fraction of sp³-hybridized carbons (Fsp3) is 0.227. The molecule has 3 amide bonds. The standard InChI is InChI=1S/C22H20N2O4S/c1-13(2)19(18-6-4-10-29-18)23-20(25)14-7-8-16-17(11-14)22(27)24(21(16)26)12-15-5-3-9-28-15/h3-11,13,19H,12H2,1-2H3,(H,23,25). The molecular formula is C22H20N2O4S. The predicted molar refractivity (Wildman–Crippen MR) is 109 cm³/mol. The van der Waals surface area contributed by atoms with Crippen LogP contribution in [-0.4, -0.2) is 22.6 Å². The van der Waals surface area contributed by atoms with Crippen LogP contribution in [0, 0.1) is 5.92 Å². The zero-order valence-corrected chi connectivity index (χ0v) is 16.9. The van der Waals surface area contributed by atoms with Crippen LogP contribution in [0.25, 0.3) is 0 Å². The number of thiophene rings is 1. The summed E-state index contributed by atoms with van der Waals surface area (Å²) in [4.78, 5) is 40.4. The minimum Gasteiger partial charge on any atom is -0.467 e. The van der Waals surface area contributed by atoms with E-state index in [-0.39, 0.29) is 35.9 Å². The molecule has 3 aromatic rings. The maximum atomic E-state index is 12.8. The van der Waals surface area contributed by atoms with Crippen molar-refractivity contribution in [3.8, 4) is 0 Å². The van der Waals surface area contributed by atoms with E-state index in [1.807, 2.05) is 31.4 Å². The van der Waals surface area contributed by atoms with Gasteiger partial charge in [0.05, 0.1) is 30.0 Å². The molecule has 29 heavy (non-hydrogen) atoms. The molecule has 0 fully saturated rings.